The Morgan fingerprint density at radius 1 is 1.56 bits per heavy atom. The number of aromatic nitrogens is 1. The van der Waals surface area contributed by atoms with Crippen LogP contribution >= 0.6 is 0 Å². The number of halogens is 3. The molecule has 0 aromatic carbocycles. The van der Waals surface area contributed by atoms with Crippen molar-refractivity contribution in [3.8, 4) is 0 Å². The number of rotatable bonds is 3. The van der Waals surface area contributed by atoms with Gasteiger partial charge in [0.2, 0.25) is 5.91 Å². The second kappa shape index (κ2) is 5.52. The topological polar surface area (TPSA) is 68.0 Å². The van der Waals surface area contributed by atoms with Crippen LogP contribution in [0.3, 0.4) is 0 Å². The molecule has 1 rings (SSSR count). The van der Waals surface area contributed by atoms with Crippen molar-refractivity contribution >= 4 is 17.8 Å². The Kier molecular flexibility index (Phi) is 4.30. The van der Waals surface area contributed by atoms with Crippen molar-refractivity contribution in [3.63, 3.8) is 0 Å². The molecule has 4 nitrogen and oxygen atoms in total. The maximum Gasteiger partial charge on any atom is 0.419 e. The molecule has 0 fully saturated rings. The Balaban J connectivity index is 2.83. The predicted octanol–water partition coefficient (Wildman–Crippen LogP) is 1.83. The van der Waals surface area contributed by atoms with Gasteiger partial charge in [0.1, 0.15) is 5.82 Å². The predicted molar refractivity (Wildman–Crippen MR) is 61.4 cm³/mol. The molecule has 3 N–H and O–H groups in total. The van der Waals surface area contributed by atoms with Gasteiger partial charge >= 0.3 is 6.18 Å². The summed E-state index contributed by atoms with van der Waals surface area (Å²) in [5.41, 5.74) is 4.46. The van der Waals surface area contributed by atoms with E-state index in [0.717, 1.165) is 6.07 Å². The lowest BCUT2D eigenvalue weighted by Crippen LogP contribution is -2.19. The van der Waals surface area contributed by atoms with E-state index in [-0.39, 0.29) is 18.0 Å². The molecule has 0 radical (unpaired) electrons. The monoisotopic (exact) mass is 259 g/mol. The lowest BCUT2D eigenvalue weighted by molar-refractivity contribution is -0.137. The van der Waals surface area contributed by atoms with Gasteiger partial charge in [-0.05, 0) is 11.6 Å². The molecule has 1 amide bonds. The molecule has 0 unspecified atom stereocenters. The van der Waals surface area contributed by atoms with Crippen LogP contribution in [0.5, 0.6) is 0 Å². The van der Waals surface area contributed by atoms with Crippen molar-refractivity contribution in [3.05, 3.63) is 29.5 Å². The van der Waals surface area contributed by atoms with Crippen LogP contribution in [0.1, 0.15) is 18.1 Å². The molecule has 0 aliphatic rings. The molecule has 0 saturated heterocycles. The third-order valence-electron chi connectivity index (χ3n) is 2.02. The Morgan fingerprint density at radius 2 is 2.22 bits per heavy atom. The molecule has 98 valence electrons. The molecule has 18 heavy (non-hydrogen) atoms. The van der Waals surface area contributed by atoms with E-state index in [2.05, 4.69) is 10.3 Å². The lowest BCUT2D eigenvalue weighted by Gasteiger charge is -2.09. The number of nitrogen functional groups attached to an aromatic ring is 1. The van der Waals surface area contributed by atoms with Crippen molar-refractivity contribution in [1.82, 2.24) is 10.3 Å². The molecule has 7 heteroatoms. The molecule has 1 aromatic rings. The number of carbonyl (C=O) groups is 1. The number of hydrogen-bond donors (Lipinski definition) is 2. The first kappa shape index (κ1) is 14.0. The van der Waals surface area contributed by atoms with Gasteiger partial charge in [0.25, 0.3) is 0 Å². The highest BCUT2D eigenvalue weighted by atomic mass is 19.4. The highest BCUT2D eigenvalue weighted by Gasteiger charge is 2.33. The van der Waals surface area contributed by atoms with E-state index in [9.17, 15) is 18.0 Å². The molecule has 1 aromatic heterocycles. The maximum atomic E-state index is 12.5. The average Bonchev–Trinajstić information content (AvgIpc) is 2.24. The molecular formula is C11H12F3N3O. The van der Waals surface area contributed by atoms with Crippen LogP contribution in [0, 0.1) is 0 Å². The minimum Gasteiger partial charge on any atom is -0.383 e. The first-order chi connectivity index (χ1) is 8.30. The average molecular weight is 259 g/mol. The van der Waals surface area contributed by atoms with E-state index in [1.54, 1.807) is 0 Å². The van der Waals surface area contributed by atoms with Crippen LogP contribution < -0.4 is 11.1 Å². The van der Waals surface area contributed by atoms with Gasteiger partial charge in [-0.1, -0.05) is 12.2 Å². The third kappa shape index (κ3) is 4.08. The van der Waals surface area contributed by atoms with Gasteiger partial charge in [-0.25, -0.2) is 4.98 Å². The largest absolute Gasteiger partial charge is 0.419 e. The fraction of sp³-hybridized carbons (Fsp3) is 0.273. The van der Waals surface area contributed by atoms with Gasteiger partial charge in [0.05, 0.1) is 5.56 Å². The van der Waals surface area contributed by atoms with Gasteiger partial charge in [-0.15, -0.1) is 0 Å². The second-order valence-corrected chi connectivity index (χ2v) is 3.54. The van der Waals surface area contributed by atoms with Crippen molar-refractivity contribution in [2.75, 3.05) is 12.3 Å². The molecule has 0 saturated carbocycles. The number of amides is 1. The Hall–Kier alpha value is -2.05. The minimum absolute atomic E-state index is 0.217. The summed E-state index contributed by atoms with van der Waals surface area (Å²) in [6.45, 7) is 1.58. The first-order valence-corrected chi connectivity index (χ1v) is 5.04. The summed E-state index contributed by atoms with van der Waals surface area (Å²) in [4.78, 5) is 14.0. The van der Waals surface area contributed by atoms with E-state index >= 15 is 0 Å². The lowest BCUT2D eigenvalue weighted by atomic mass is 10.1. The van der Waals surface area contributed by atoms with Gasteiger partial charge < -0.3 is 11.1 Å². The Morgan fingerprint density at radius 3 is 2.78 bits per heavy atom. The van der Waals surface area contributed by atoms with E-state index in [1.165, 1.54) is 25.3 Å². The number of pyridine rings is 1. The SMILES string of the molecule is CC(=O)NCC=Cc1cnc(N)c(C(F)(F)F)c1. The summed E-state index contributed by atoms with van der Waals surface area (Å²) in [6.07, 6.45) is -0.347. The normalized spacial score (nSPS) is 11.8. The molecular weight excluding hydrogens is 247 g/mol. The van der Waals surface area contributed by atoms with Crippen molar-refractivity contribution in [2.24, 2.45) is 0 Å². The summed E-state index contributed by atoms with van der Waals surface area (Å²) in [5.74, 6) is -0.771. The Bertz CT molecular complexity index is 469. The number of anilines is 1. The summed E-state index contributed by atoms with van der Waals surface area (Å²) in [6, 6.07) is 0.909. The minimum atomic E-state index is -4.53. The summed E-state index contributed by atoms with van der Waals surface area (Å²) in [7, 11) is 0. The number of nitrogens with zero attached hydrogens (tertiary/aromatic N) is 1. The number of hydrogen-bond acceptors (Lipinski definition) is 3. The van der Waals surface area contributed by atoms with Crippen LogP contribution in [-0.4, -0.2) is 17.4 Å². The maximum absolute atomic E-state index is 12.5. The molecule has 0 aliphatic carbocycles. The van der Waals surface area contributed by atoms with Gasteiger partial charge in [-0.3, -0.25) is 4.79 Å². The summed E-state index contributed by atoms with van der Waals surface area (Å²) < 4.78 is 37.6. The standard InChI is InChI=1S/C11H12F3N3O/c1-7(18)16-4-2-3-8-5-9(11(12,13)14)10(15)17-6-8/h2-3,5-6H,4H2,1H3,(H2,15,17)(H,16,18). The number of nitrogens with two attached hydrogens (primary N) is 1. The van der Waals surface area contributed by atoms with Gasteiger partial charge in [0.15, 0.2) is 0 Å². The summed E-state index contributed by atoms with van der Waals surface area (Å²) >= 11 is 0. The smallest absolute Gasteiger partial charge is 0.383 e. The molecule has 1 heterocycles. The van der Waals surface area contributed by atoms with Crippen molar-refractivity contribution in [1.29, 1.82) is 0 Å². The van der Waals surface area contributed by atoms with Crippen LogP contribution in [0.2, 0.25) is 0 Å². The summed E-state index contributed by atoms with van der Waals surface area (Å²) in [5, 5.41) is 2.48. The zero-order valence-corrected chi connectivity index (χ0v) is 9.58. The van der Waals surface area contributed by atoms with E-state index in [1.807, 2.05) is 0 Å². The second-order valence-electron chi connectivity index (χ2n) is 3.54. The van der Waals surface area contributed by atoms with Crippen molar-refractivity contribution < 1.29 is 18.0 Å². The Labute approximate surface area is 102 Å². The van der Waals surface area contributed by atoms with Gasteiger partial charge in [-0.2, -0.15) is 13.2 Å². The van der Waals surface area contributed by atoms with Crippen molar-refractivity contribution in [2.45, 2.75) is 13.1 Å². The number of nitrogens with one attached hydrogen (secondary N) is 1. The van der Waals surface area contributed by atoms with E-state index in [0.29, 0.717) is 0 Å². The number of alkyl halides is 3. The van der Waals surface area contributed by atoms with E-state index in [4.69, 9.17) is 5.73 Å². The highest BCUT2D eigenvalue weighted by Crippen LogP contribution is 2.32. The van der Waals surface area contributed by atoms with Crippen LogP contribution in [0.25, 0.3) is 6.08 Å². The first-order valence-electron chi connectivity index (χ1n) is 5.04. The number of carbonyl (C=O) groups excluding carboxylic acids is 1. The molecule has 0 atom stereocenters. The third-order valence-corrected chi connectivity index (χ3v) is 2.02. The molecule has 0 spiro atoms. The molecule has 0 bridgehead atoms. The zero-order valence-electron chi connectivity index (χ0n) is 9.58. The molecule has 0 aliphatic heterocycles. The van der Waals surface area contributed by atoms with Crippen LogP contribution in [-0.2, 0) is 11.0 Å². The highest BCUT2D eigenvalue weighted by molar-refractivity contribution is 5.73. The van der Waals surface area contributed by atoms with Gasteiger partial charge in [0, 0.05) is 19.7 Å². The fourth-order valence-electron chi connectivity index (χ4n) is 1.21. The quantitative estimate of drug-likeness (QED) is 0.870. The zero-order chi connectivity index (χ0) is 13.8. The van der Waals surface area contributed by atoms with Crippen LogP contribution in [0.4, 0.5) is 19.0 Å². The van der Waals surface area contributed by atoms with E-state index < -0.39 is 17.6 Å². The fourth-order valence-corrected chi connectivity index (χ4v) is 1.21. The van der Waals surface area contributed by atoms with Crippen LogP contribution in [0.15, 0.2) is 18.3 Å².